The molecule has 0 saturated carbocycles. The molecule has 1 aliphatic rings. The third-order valence-corrected chi connectivity index (χ3v) is 6.47. The smallest absolute Gasteiger partial charge is 0.326 e. The Morgan fingerprint density at radius 3 is 2.59 bits per heavy atom. The Kier molecular flexibility index (Phi) is 5.38. The van der Waals surface area contributed by atoms with Crippen molar-refractivity contribution in [1.29, 1.82) is 5.26 Å². The molecule has 2 aromatic heterocycles. The summed E-state index contributed by atoms with van der Waals surface area (Å²) in [5.74, 6) is 0.0969. The summed E-state index contributed by atoms with van der Waals surface area (Å²) >= 11 is 0. The van der Waals surface area contributed by atoms with Gasteiger partial charge in [0.2, 0.25) is 0 Å². The fourth-order valence-electron chi connectivity index (χ4n) is 4.89. The highest BCUT2D eigenvalue weighted by molar-refractivity contribution is 6.09. The Labute approximate surface area is 187 Å². The highest BCUT2D eigenvalue weighted by atomic mass is 16.1. The molecule has 0 aliphatic carbocycles. The van der Waals surface area contributed by atoms with Gasteiger partial charge in [-0.1, -0.05) is 30.3 Å². The van der Waals surface area contributed by atoms with Gasteiger partial charge in [0.1, 0.15) is 0 Å². The quantitative estimate of drug-likeness (QED) is 0.470. The number of aromatic amines is 1. The topological polar surface area (TPSA) is 86.8 Å². The predicted molar refractivity (Wildman–Crippen MR) is 126 cm³/mol. The number of likely N-dealkylation sites (tertiary alicyclic amines) is 1. The van der Waals surface area contributed by atoms with Crippen LogP contribution in [0.2, 0.25) is 0 Å². The van der Waals surface area contributed by atoms with E-state index in [1.807, 2.05) is 63.9 Å². The molecule has 3 heterocycles. The molecule has 1 aliphatic heterocycles. The number of benzene rings is 2. The van der Waals surface area contributed by atoms with Gasteiger partial charge in [0, 0.05) is 49.8 Å². The van der Waals surface area contributed by atoms with Crippen LogP contribution in [0.1, 0.15) is 37.1 Å². The molecule has 0 spiro atoms. The number of rotatable bonds is 6. The van der Waals surface area contributed by atoms with Crippen LogP contribution >= 0.6 is 0 Å². The highest BCUT2D eigenvalue weighted by Crippen LogP contribution is 2.26. The van der Waals surface area contributed by atoms with Gasteiger partial charge in [-0.15, -0.1) is 0 Å². The van der Waals surface area contributed by atoms with Gasteiger partial charge in [-0.2, -0.15) is 5.26 Å². The zero-order chi connectivity index (χ0) is 22.1. The third-order valence-electron chi connectivity index (χ3n) is 6.47. The van der Waals surface area contributed by atoms with E-state index < -0.39 is 0 Å². The van der Waals surface area contributed by atoms with Crippen LogP contribution in [0.4, 0.5) is 0 Å². The van der Waals surface area contributed by atoms with E-state index in [0.29, 0.717) is 25.1 Å². The van der Waals surface area contributed by atoms with Crippen molar-refractivity contribution in [2.75, 3.05) is 19.6 Å². The molecule has 1 fully saturated rings. The number of hydrogen-bond donors (Lipinski definition) is 1. The molecule has 32 heavy (non-hydrogen) atoms. The van der Waals surface area contributed by atoms with E-state index in [2.05, 4.69) is 16.0 Å². The number of nitriles is 1. The van der Waals surface area contributed by atoms with Crippen molar-refractivity contribution in [2.45, 2.75) is 31.8 Å². The molecule has 7 heteroatoms. The predicted octanol–water partition coefficient (Wildman–Crippen LogP) is 3.96. The zero-order valence-electron chi connectivity index (χ0n) is 17.8. The van der Waals surface area contributed by atoms with Gasteiger partial charge in [-0.25, -0.2) is 4.79 Å². The average Bonchev–Trinajstić information content (AvgIpc) is 3.35. The number of ketones is 1. The second-order valence-corrected chi connectivity index (χ2v) is 8.41. The molecule has 0 amide bonds. The molecule has 1 N–H and O–H groups in total. The van der Waals surface area contributed by atoms with E-state index in [1.165, 1.54) is 0 Å². The molecule has 4 aromatic rings. The van der Waals surface area contributed by atoms with Crippen molar-refractivity contribution >= 4 is 27.7 Å². The first-order chi connectivity index (χ1) is 15.7. The number of aromatic nitrogens is 3. The molecule has 0 radical (unpaired) electrons. The molecule has 2 aromatic carbocycles. The second kappa shape index (κ2) is 8.48. The summed E-state index contributed by atoms with van der Waals surface area (Å²) < 4.78 is 3.87. The first-order valence-corrected chi connectivity index (χ1v) is 11.1. The van der Waals surface area contributed by atoms with E-state index >= 15 is 0 Å². The summed E-state index contributed by atoms with van der Waals surface area (Å²) in [6.45, 7) is 2.49. The number of carbonyl (C=O) groups excluding carboxylic acids is 1. The second-order valence-electron chi connectivity index (χ2n) is 8.41. The Bertz CT molecular complexity index is 1390. The van der Waals surface area contributed by atoms with Crippen LogP contribution in [-0.2, 0) is 6.54 Å². The Balaban J connectivity index is 0.00000259. The van der Waals surface area contributed by atoms with Crippen LogP contribution in [0.5, 0.6) is 0 Å². The minimum Gasteiger partial charge on any atom is -0.346 e. The largest absolute Gasteiger partial charge is 0.346 e. The van der Waals surface area contributed by atoms with Crippen molar-refractivity contribution in [3.63, 3.8) is 0 Å². The fourth-order valence-corrected chi connectivity index (χ4v) is 4.89. The van der Waals surface area contributed by atoms with Gasteiger partial charge >= 0.3 is 5.69 Å². The summed E-state index contributed by atoms with van der Waals surface area (Å²) in [6, 6.07) is 18.0. The standard InChI is InChI=1S/C25H25N5O2.H2/c26-12-5-13-29-16-20(19-6-1-3-8-22(19)29)24(31)17-28-14-10-18(11-15-28)30-23-9-4-2-7-21(23)27-25(30)32;/h1-4,6-9,16,18H,5,10-11,13-15,17H2,(H,27,32);1H. The van der Waals surface area contributed by atoms with Crippen molar-refractivity contribution in [1.82, 2.24) is 19.0 Å². The fraction of sp³-hybridized carbons (Fsp3) is 0.320. The number of aryl methyl sites for hydroxylation is 1. The number of nitrogens with one attached hydrogen (secondary N) is 1. The number of Topliss-reactive ketones (excluding diaryl/α,β-unsaturated/α-hetero) is 1. The lowest BCUT2D eigenvalue weighted by Crippen LogP contribution is -2.39. The van der Waals surface area contributed by atoms with Gasteiger partial charge < -0.3 is 9.55 Å². The van der Waals surface area contributed by atoms with Crippen LogP contribution in [-0.4, -0.2) is 44.4 Å². The zero-order valence-corrected chi connectivity index (χ0v) is 17.8. The normalized spacial score (nSPS) is 15.3. The summed E-state index contributed by atoms with van der Waals surface area (Å²) in [5.41, 5.74) is 3.45. The van der Waals surface area contributed by atoms with Crippen molar-refractivity contribution < 1.29 is 6.22 Å². The third kappa shape index (κ3) is 3.63. The molecule has 0 atom stereocenters. The Morgan fingerprint density at radius 1 is 1.09 bits per heavy atom. The lowest BCUT2D eigenvalue weighted by molar-refractivity contribution is 0.0899. The Morgan fingerprint density at radius 2 is 1.81 bits per heavy atom. The summed E-state index contributed by atoms with van der Waals surface area (Å²) in [5, 5.41) is 9.88. The number of hydrogen-bond acceptors (Lipinski definition) is 4. The van der Waals surface area contributed by atoms with Gasteiger partial charge in [-0.05, 0) is 31.0 Å². The number of fused-ring (bicyclic) bond motifs is 2. The van der Waals surface area contributed by atoms with Gasteiger partial charge in [0.25, 0.3) is 0 Å². The SMILES string of the molecule is N#CCCn1cc(C(=O)CN2CCC(n3c(=O)[nH]c4ccccc43)CC2)c2ccccc21.[HH]. The highest BCUT2D eigenvalue weighted by Gasteiger charge is 2.25. The summed E-state index contributed by atoms with van der Waals surface area (Å²) in [6.07, 6.45) is 3.97. The monoisotopic (exact) mass is 429 g/mol. The maximum atomic E-state index is 13.2. The molecule has 1 saturated heterocycles. The van der Waals surface area contributed by atoms with E-state index in [0.717, 1.165) is 47.9 Å². The van der Waals surface area contributed by atoms with Gasteiger partial charge in [0.05, 0.1) is 30.1 Å². The molecule has 0 unspecified atom stereocenters. The van der Waals surface area contributed by atoms with E-state index in [-0.39, 0.29) is 18.9 Å². The molecule has 164 valence electrons. The molecule has 5 rings (SSSR count). The first-order valence-electron chi connectivity index (χ1n) is 11.1. The van der Waals surface area contributed by atoms with E-state index in [1.54, 1.807) is 0 Å². The maximum Gasteiger partial charge on any atom is 0.326 e. The minimum absolute atomic E-state index is 0. The molecule has 0 bridgehead atoms. The minimum atomic E-state index is -0.0640. The van der Waals surface area contributed by atoms with Crippen molar-refractivity contribution in [3.05, 3.63) is 70.8 Å². The molecule has 7 nitrogen and oxygen atoms in total. The summed E-state index contributed by atoms with van der Waals surface area (Å²) in [4.78, 5) is 30.8. The lowest BCUT2D eigenvalue weighted by Gasteiger charge is -2.32. The number of nitrogens with zero attached hydrogens (tertiary/aromatic N) is 4. The van der Waals surface area contributed by atoms with Gasteiger partial charge in [0.15, 0.2) is 5.78 Å². The van der Waals surface area contributed by atoms with Crippen molar-refractivity contribution in [3.8, 4) is 6.07 Å². The number of H-pyrrole nitrogens is 1. The maximum absolute atomic E-state index is 13.2. The lowest BCUT2D eigenvalue weighted by atomic mass is 10.0. The number of piperidine rings is 1. The number of imidazole rings is 1. The number of para-hydroxylation sites is 3. The van der Waals surface area contributed by atoms with Crippen LogP contribution in [0.25, 0.3) is 21.9 Å². The van der Waals surface area contributed by atoms with Crippen LogP contribution < -0.4 is 5.69 Å². The average molecular weight is 430 g/mol. The van der Waals surface area contributed by atoms with Crippen LogP contribution in [0, 0.1) is 11.3 Å². The van der Waals surface area contributed by atoms with Crippen LogP contribution in [0.15, 0.2) is 59.5 Å². The Hall–Kier alpha value is -3.63. The van der Waals surface area contributed by atoms with Crippen LogP contribution in [0.3, 0.4) is 0 Å². The van der Waals surface area contributed by atoms with E-state index in [9.17, 15) is 9.59 Å². The van der Waals surface area contributed by atoms with Crippen molar-refractivity contribution in [2.24, 2.45) is 0 Å². The summed E-state index contributed by atoms with van der Waals surface area (Å²) in [7, 11) is 0. The van der Waals surface area contributed by atoms with Gasteiger partial charge in [-0.3, -0.25) is 14.3 Å². The molecular weight excluding hydrogens is 402 g/mol. The first kappa shape index (κ1) is 20.3. The molecular formula is C25H27N5O2. The van der Waals surface area contributed by atoms with E-state index in [4.69, 9.17) is 5.26 Å². The number of carbonyl (C=O) groups is 1.